The fourth-order valence-corrected chi connectivity index (χ4v) is 2.72. The number of aryl methyl sites for hydroxylation is 1. The second-order valence-electron chi connectivity index (χ2n) is 5.05. The molecule has 0 saturated carbocycles. The summed E-state index contributed by atoms with van der Waals surface area (Å²) >= 11 is 0. The van der Waals surface area contributed by atoms with Crippen molar-refractivity contribution in [3.63, 3.8) is 0 Å². The average Bonchev–Trinajstić information content (AvgIpc) is 2.47. The second-order valence-corrected chi connectivity index (χ2v) is 5.05. The Balaban J connectivity index is 2.55. The van der Waals surface area contributed by atoms with Gasteiger partial charge in [-0.15, -0.1) is 0 Å². The van der Waals surface area contributed by atoms with E-state index in [9.17, 15) is 24.9 Å². The third-order valence-electron chi connectivity index (χ3n) is 3.82. The van der Waals surface area contributed by atoms with E-state index >= 15 is 0 Å². The van der Waals surface area contributed by atoms with Crippen LogP contribution in [0.5, 0.6) is 17.2 Å². The summed E-state index contributed by atoms with van der Waals surface area (Å²) in [4.78, 5) is 24.2. The van der Waals surface area contributed by atoms with Crippen LogP contribution in [0, 0.1) is 6.92 Å². The zero-order valence-electron chi connectivity index (χ0n) is 11.1. The molecule has 2 aromatic carbocycles. The molecule has 0 saturated heterocycles. The van der Waals surface area contributed by atoms with Crippen molar-refractivity contribution in [3.8, 4) is 17.2 Å². The number of aromatic hydroxyl groups is 3. The molecule has 0 fully saturated rings. The van der Waals surface area contributed by atoms with Crippen molar-refractivity contribution in [2.24, 2.45) is 0 Å². The van der Waals surface area contributed by atoms with Gasteiger partial charge in [-0.1, -0.05) is 0 Å². The summed E-state index contributed by atoms with van der Waals surface area (Å²) < 4.78 is 10.2. The Bertz CT molecular complexity index is 1100. The topological polar surface area (TPSA) is 121 Å². The standard InChI is InChI=1S/C15H8O7/c1-4-7(16)2-5-9-10-6(14(19)21-12(4)9)3-8(17)11(18)13(10)22-15(5)20/h2-3,16-18H,1H3. The molecule has 0 radical (unpaired) electrons. The van der Waals surface area contributed by atoms with Crippen molar-refractivity contribution >= 4 is 32.7 Å². The molecule has 3 N–H and O–H groups in total. The Morgan fingerprint density at radius 2 is 1.32 bits per heavy atom. The lowest BCUT2D eigenvalue weighted by atomic mass is 10.00. The molecule has 7 nitrogen and oxygen atoms in total. The zero-order chi connectivity index (χ0) is 15.8. The van der Waals surface area contributed by atoms with E-state index in [-0.39, 0.29) is 44.0 Å². The van der Waals surface area contributed by atoms with Crippen LogP contribution in [-0.4, -0.2) is 15.3 Å². The van der Waals surface area contributed by atoms with Crippen molar-refractivity contribution in [1.82, 2.24) is 0 Å². The summed E-state index contributed by atoms with van der Waals surface area (Å²) in [6.45, 7) is 1.53. The van der Waals surface area contributed by atoms with Gasteiger partial charge in [0.25, 0.3) is 0 Å². The fraction of sp³-hybridized carbons (Fsp3) is 0.0667. The van der Waals surface area contributed by atoms with Gasteiger partial charge in [0.1, 0.15) is 11.3 Å². The van der Waals surface area contributed by atoms with Gasteiger partial charge >= 0.3 is 11.3 Å². The monoisotopic (exact) mass is 300 g/mol. The maximum Gasteiger partial charge on any atom is 0.344 e. The SMILES string of the molecule is Cc1c(O)cc2c(=O)oc3c(O)c(O)cc4c(=O)oc1c2c34. The van der Waals surface area contributed by atoms with Crippen LogP contribution in [0.15, 0.2) is 30.6 Å². The summed E-state index contributed by atoms with van der Waals surface area (Å²) in [5.41, 5.74) is -1.59. The normalized spacial score (nSPS) is 11.9. The molecule has 4 aromatic rings. The summed E-state index contributed by atoms with van der Waals surface area (Å²) in [6, 6.07) is 2.26. The molecule has 4 rings (SSSR count). The van der Waals surface area contributed by atoms with Crippen LogP contribution in [0.3, 0.4) is 0 Å². The van der Waals surface area contributed by atoms with Gasteiger partial charge in [-0.3, -0.25) is 0 Å². The van der Waals surface area contributed by atoms with Crippen LogP contribution >= 0.6 is 0 Å². The van der Waals surface area contributed by atoms with E-state index in [1.54, 1.807) is 0 Å². The van der Waals surface area contributed by atoms with Crippen molar-refractivity contribution in [2.75, 3.05) is 0 Å². The lowest BCUT2D eigenvalue weighted by molar-refractivity contribution is 0.398. The molecule has 0 aliphatic rings. The predicted molar refractivity (Wildman–Crippen MR) is 76.9 cm³/mol. The lowest BCUT2D eigenvalue weighted by Crippen LogP contribution is -2.07. The highest BCUT2D eigenvalue weighted by Gasteiger charge is 2.23. The number of phenolic OH excluding ortho intramolecular Hbond substituents is 3. The molecule has 0 amide bonds. The molecule has 0 spiro atoms. The van der Waals surface area contributed by atoms with E-state index in [1.807, 2.05) is 0 Å². The van der Waals surface area contributed by atoms with E-state index in [0.29, 0.717) is 0 Å². The fourth-order valence-electron chi connectivity index (χ4n) is 2.72. The maximum atomic E-state index is 12.1. The molecule has 2 heterocycles. The Morgan fingerprint density at radius 1 is 0.818 bits per heavy atom. The highest BCUT2D eigenvalue weighted by Crippen LogP contribution is 2.42. The first-order valence-corrected chi connectivity index (χ1v) is 6.30. The van der Waals surface area contributed by atoms with Crippen molar-refractivity contribution in [3.05, 3.63) is 38.5 Å². The minimum atomic E-state index is -0.830. The van der Waals surface area contributed by atoms with E-state index in [4.69, 9.17) is 8.83 Å². The minimum Gasteiger partial charge on any atom is -0.508 e. The maximum absolute atomic E-state index is 12.1. The largest absolute Gasteiger partial charge is 0.508 e. The summed E-state index contributed by atoms with van der Waals surface area (Å²) in [6.07, 6.45) is 0. The number of hydrogen-bond acceptors (Lipinski definition) is 7. The van der Waals surface area contributed by atoms with Gasteiger partial charge in [0, 0.05) is 16.3 Å². The third kappa shape index (κ3) is 1.30. The smallest absolute Gasteiger partial charge is 0.344 e. The molecule has 0 bridgehead atoms. The molecule has 110 valence electrons. The molecule has 2 aromatic heterocycles. The first-order valence-electron chi connectivity index (χ1n) is 6.30. The van der Waals surface area contributed by atoms with Crippen LogP contribution in [-0.2, 0) is 0 Å². The molecular formula is C15H8O7. The van der Waals surface area contributed by atoms with E-state index < -0.39 is 22.8 Å². The summed E-state index contributed by atoms with van der Waals surface area (Å²) in [5, 5.41) is 29.9. The molecule has 7 heteroatoms. The Morgan fingerprint density at radius 3 is 1.95 bits per heavy atom. The van der Waals surface area contributed by atoms with Gasteiger partial charge in [0.15, 0.2) is 11.3 Å². The Kier molecular flexibility index (Phi) is 2.11. The summed E-state index contributed by atoms with van der Waals surface area (Å²) in [7, 11) is 0. The number of hydrogen-bond donors (Lipinski definition) is 3. The second kappa shape index (κ2) is 3.70. The van der Waals surface area contributed by atoms with E-state index in [2.05, 4.69) is 0 Å². The van der Waals surface area contributed by atoms with Crippen molar-refractivity contribution in [1.29, 1.82) is 0 Å². The quantitative estimate of drug-likeness (QED) is 0.257. The van der Waals surface area contributed by atoms with Crippen LogP contribution < -0.4 is 11.3 Å². The molecular weight excluding hydrogens is 292 g/mol. The average molecular weight is 300 g/mol. The predicted octanol–water partition coefficient (Wildman–Crippen LogP) is 1.92. The molecule has 0 aliphatic carbocycles. The van der Waals surface area contributed by atoms with Crippen molar-refractivity contribution < 1.29 is 24.2 Å². The van der Waals surface area contributed by atoms with Gasteiger partial charge in [-0.25, -0.2) is 9.59 Å². The first kappa shape index (κ1) is 12.5. The van der Waals surface area contributed by atoms with Crippen LogP contribution in [0.4, 0.5) is 0 Å². The Hall–Kier alpha value is -3.22. The van der Waals surface area contributed by atoms with Gasteiger partial charge in [-0.05, 0) is 19.1 Å². The van der Waals surface area contributed by atoms with Gasteiger partial charge in [-0.2, -0.15) is 0 Å². The minimum absolute atomic E-state index is 0.0180. The molecule has 0 aliphatic heterocycles. The lowest BCUT2D eigenvalue weighted by Gasteiger charge is -2.11. The van der Waals surface area contributed by atoms with Crippen molar-refractivity contribution in [2.45, 2.75) is 6.92 Å². The number of benzene rings is 2. The molecule has 22 heavy (non-hydrogen) atoms. The Labute approximate surface area is 120 Å². The highest BCUT2D eigenvalue weighted by molar-refractivity contribution is 6.21. The van der Waals surface area contributed by atoms with Gasteiger partial charge < -0.3 is 24.2 Å². The van der Waals surface area contributed by atoms with Crippen LogP contribution in [0.2, 0.25) is 0 Å². The number of phenols is 3. The zero-order valence-corrected chi connectivity index (χ0v) is 11.1. The summed E-state index contributed by atoms with van der Waals surface area (Å²) in [5.74, 6) is -1.45. The molecule has 0 atom stereocenters. The highest BCUT2D eigenvalue weighted by atomic mass is 16.4. The van der Waals surface area contributed by atoms with E-state index in [1.165, 1.54) is 13.0 Å². The van der Waals surface area contributed by atoms with E-state index in [0.717, 1.165) is 6.07 Å². The third-order valence-corrected chi connectivity index (χ3v) is 3.82. The van der Waals surface area contributed by atoms with Gasteiger partial charge in [0.2, 0.25) is 5.75 Å². The van der Waals surface area contributed by atoms with Crippen LogP contribution in [0.1, 0.15) is 5.56 Å². The molecule has 0 unspecified atom stereocenters. The van der Waals surface area contributed by atoms with Crippen LogP contribution in [0.25, 0.3) is 32.7 Å². The first-order chi connectivity index (χ1) is 10.4. The van der Waals surface area contributed by atoms with Gasteiger partial charge in [0.05, 0.1) is 10.8 Å². The number of rotatable bonds is 0.